The number of para-hydroxylation sites is 1. The predicted molar refractivity (Wildman–Crippen MR) is 72.7 cm³/mol. The van der Waals surface area contributed by atoms with Gasteiger partial charge < -0.3 is 9.84 Å². The fraction of sp³-hybridized carbons (Fsp3) is 0.400. The van der Waals surface area contributed by atoms with Crippen molar-refractivity contribution in [3.8, 4) is 5.88 Å². The van der Waals surface area contributed by atoms with E-state index in [1.54, 1.807) is 0 Å². The second-order valence-electron chi connectivity index (χ2n) is 5.02. The Morgan fingerprint density at radius 1 is 1.28 bits per heavy atom. The number of aliphatic hydroxyl groups excluding tert-OH is 1. The summed E-state index contributed by atoms with van der Waals surface area (Å²) in [4.78, 5) is 4.50. The number of aliphatic hydroxyl groups is 1. The molecular weight excluding hydrogens is 226 g/mol. The van der Waals surface area contributed by atoms with E-state index in [-0.39, 0.29) is 12.2 Å². The molecule has 0 unspecified atom stereocenters. The Morgan fingerprint density at radius 2 is 2.00 bits per heavy atom. The number of aromatic nitrogens is 1. The first kappa shape index (κ1) is 12.8. The zero-order valence-electron chi connectivity index (χ0n) is 11.1. The molecule has 0 aliphatic heterocycles. The van der Waals surface area contributed by atoms with Crippen LogP contribution in [0.25, 0.3) is 10.9 Å². The number of hydrogen-bond donors (Lipinski definition) is 1. The van der Waals surface area contributed by atoms with Crippen LogP contribution in [-0.2, 0) is 6.61 Å². The fourth-order valence-electron chi connectivity index (χ4n) is 1.68. The first-order chi connectivity index (χ1) is 8.55. The van der Waals surface area contributed by atoms with Crippen molar-refractivity contribution < 1.29 is 9.84 Å². The number of rotatable bonds is 4. The molecule has 1 aromatic carbocycles. The molecule has 1 heterocycles. The summed E-state index contributed by atoms with van der Waals surface area (Å²) in [6.45, 7) is 6.04. The number of fused-ring (bicyclic) bond motifs is 1. The molecule has 0 radical (unpaired) electrons. The van der Waals surface area contributed by atoms with Crippen LogP contribution in [0, 0.1) is 0 Å². The van der Waals surface area contributed by atoms with Crippen LogP contribution in [0.2, 0.25) is 0 Å². The van der Waals surface area contributed by atoms with E-state index in [0.29, 0.717) is 5.88 Å². The molecule has 0 amide bonds. The highest BCUT2D eigenvalue weighted by molar-refractivity contribution is 5.79. The molecule has 0 aliphatic rings. The van der Waals surface area contributed by atoms with Crippen LogP contribution in [0.1, 0.15) is 32.8 Å². The molecule has 96 valence electrons. The highest BCUT2D eigenvalue weighted by Gasteiger charge is 2.20. The minimum atomic E-state index is -0.278. The summed E-state index contributed by atoms with van der Waals surface area (Å²) in [5, 5.41) is 10.4. The molecule has 1 aromatic heterocycles. The SMILES string of the molecule is CCC(C)(C)Oc1nc2ccccc2cc1CO. The lowest BCUT2D eigenvalue weighted by Gasteiger charge is -2.25. The summed E-state index contributed by atoms with van der Waals surface area (Å²) in [7, 11) is 0. The van der Waals surface area contributed by atoms with Crippen molar-refractivity contribution in [3.05, 3.63) is 35.9 Å². The molecule has 3 nitrogen and oxygen atoms in total. The Labute approximate surface area is 107 Å². The van der Waals surface area contributed by atoms with E-state index in [1.165, 1.54) is 0 Å². The summed E-state index contributed by atoms with van der Waals surface area (Å²) in [5.74, 6) is 0.531. The second kappa shape index (κ2) is 4.94. The third kappa shape index (κ3) is 2.62. The topological polar surface area (TPSA) is 42.4 Å². The average Bonchev–Trinajstić information content (AvgIpc) is 2.37. The quantitative estimate of drug-likeness (QED) is 0.898. The van der Waals surface area contributed by atoms with E-state index in [4.69, 9.17) is 4.74 Å². The highest BCUT2D eigenvalue weighted by atomic mass is 16.5. The summed E-state index contributed by atoms with van der Waals surface area (Å²) >= 11 is 0. The Morgan fingerprint density at radius 3 is 2.67 bits per heavy atom. The van der Waals surface area contributed by atoms with Gasteiger partial charge in [-0.2, -0.15) is 0 Å². The second-order valence-corrected chi connectivity index (χ2v) is 5.02. The smallest absolute Gasteiger partial charge is 0.220 e. The van der Waals surface area contributed by atoms with Crippen molar-refractivity contribution in [2.45, 2.75) is 39.4 Å². The van der Waals surface area contributed by atoms with Crippen LogP contribution in [0.5, 0.6) is 5.88 Å². The van der Waals surface area contributed by atoms with Gasteiger partial charge in [0.05, 0.1) is 12.1 Å². The van der Waals surface area contributed by atoms with Crippen LogP contribution in [-0.4, -0.2) is 15.7 Å². The van der Waals surface area contributed by atoms with Gasteiger partial charge in [0, 0.05) is 10.9 Å². The van der Waals surface area contributed by atoms with Crippen molar-refractivity contribution in [1.29, 1.82) is 0 Å². The molecule has 0 spiro atoms. The standard InChI is InChI=1S/C15H19NO2/c1-4-15(2,3)18-14-12(10-17)9-11-7-5-6-8-13(11)16-14/h5-9,17H,4,10H2,1-3H3. The summed E-state index contributed by atoms with van der Waals surface area (Å²) in [6, 6.07) is 9.77. The van der Waals surface area contributed by atoms with Gasteiger partial charge in [0.2, 0.25) is 5.88 Å². The first-order valence-corrected chi connectivity index (χ1v) is 6.24. The van der Waals surface area contributed by atoms with Gasteiger partial charge in [0.15, 0.2) is 0 Å². The lowest BCUT2D eigenvalue weighted by Crippen LogP contribution is -2.27. The maximum Gasteiger partial charge on any atom is 0.220 e. The zero-order valence-corrected chi connectivity index (χ0v) is 11.1. The summed E-state index contributed by atoms with van der Waals surface area (Å²) < 4.78 is 5.91. The summed E-state index contributed by atoms with van der Waals surface area (Å²) in [5.41, 5.74) is 1.34. The van der Waals surface area contributed by atoms with E-state index < -0.39 is 0 Å². The van der Waals surface area contributed by atoms with E-state index >= 15 is 0 Å². The third-order valence-corrected chi connectivity index (χ3v) is 3.16. The Balaban J connectivity index is 2.48. The normalized spacial score (nSPS) is 11.8. The molecule has 3 heteroatoms. The molecule has 0 atom stereocenters. The van der Waals surface area contributed by atoms with Crippen molar-refractivity contribution in [3.63, 3.8) is 0 Å². The number of benzene rings is 1. The molecule has 2 rings (SSSR count). The number of hydrogen-bond acceptors (Lipinski definition) is 3. The van der Waals surface area contributed by atoms with Gasteiger partial charge in [0.1, 0.15) is 5.60 Å². The monoisotopic (exact) mass is 245 g/mol. The van der Waals surface area contributed by atoms with Gasteiger partial charge in [-0.25, -0.2) is 4.98 Å². The van der Waals surface area contributed by atoms with Gasteiger partial charge in [-0.15, -0.1) is 0 Å². The molecule has 0 saturated carbocycles. The minimum Gasteiger partial charge on any atom is -0.471 e. The number of pyridine rings is 1. The van der Waals surface area contributed by atoms with Crippen LogP contribution < -0.4 is 4.74 Å². The molecule has 1 N–H and O–H groups in total. The zero-order chi connectivity index (χ0) is 13.2. The maximum absolute atomic E-state index is 9.43. The Hall–Kier alpha value is -1.61. The Bertz CT molecular complexity index is 549. The fourth-order valence-corrected chi connectivity index (χ4v) is 1.68. The van der Waals surface area contributed by atoms with E-state index in [9.17, 15) is 5.11 Å². The van der Waals surface area contributed by atoms with Gasteiger partial charge in [0.25, 0.3) is 0 Å². The first-order valence-electron chi connectivity index (χ1n) is 6.24. The summed E-state index contributed by atoms with van der Waals surface area (Å²) in [6.07, 6.45) is 0.881. The van der Waals surface area contributed by atoms with Gasteiger partial charge in [-0.1, -0.05) is 25.1 Å². The third-order valence-electron chi connectivity index (χ3n) is 3.16. The predicted octanol–water partition coefficient (Wildman–Crippen LogP) is 3.29. The van der Waals surface area contributed by atoms with Crippen molar-refractivity contribution in [2.75, 3.05) is 0 Å². The van der Waals surface area contributed by atoms with Crippen LogP contribution >= 0.6 is 0 Å². The van der Waals surface area contributed by atoms with Crippen molar-refractivity contribution in [1.82, 2.24) is 4.98 Å². The Kier molecular flexibility index (Phi) is 3.53. The van der Waals surface area contributed by atoms with E-state index in [2.05, 4.69) is 11.9 Å². The molecule has 18 heavy (non-hydrogen) atoms. The molecule has 2 aromatic rings. The van der Waals surface area contributed by atoms with Gasteiger partial charge in [-0.05, 0) is 32.4 Å². The molecular formula is C15H19NO2. The maximum atomic E-state index is 9.43. The molecule has 0 bridgehead atoms. The van der Waals surface area contributed by atoms with E-state index in [1.807, 2.05) is 44.2 Å². The average molecular weight is 245 g/mol. The van der Waals surface area contributed by atoms with Gasteiger partial charge in [-0.3, -0.25) is 0 Å². The van der Waals surface area contributed by atoms with Crippen LogP contribution in [0.3, 0.4) is 0 Å². The lowest BCUT2D eigenvalue weighted by molar-refractivity contribution is 0.0956. The van der Waals surface area contributed by atoms with Crippen LogP contribution in [0.4, 0.5) is 0 Å². The largest absolute Gasteiger partial charge is 0.471 e. The van der Waals surface area contributed by atoms with Crippen molar-refractivity contribution in [2.24, 2.45) is 0 Å². The minimum absolute atomic E-state index is 0.0625. The number of ether oxygens (including phenoxy) is 1. The molecule has 0 aliphatic carbocycles. The number of nitrogens with zero attached hydrogens (tertiary/aromatic N) is 1. The lowest BCUT2D eigenvalue weighted by atomic mass is 10.1. The van der Waals surface area contributed by atoms with Gasteiger partial charge >= 0.3 is 0 Å². The molecule has 0 fully saturated rings. The van der Waals surface area contributed by atoms with Crippen molar-refractivity contribution >= 4 is 10.9 Å². The van der Waals surface area contributed by atoms with Crippen LogP contribution in [0.15, 0.2) is 30.3 Å². The molecule has 0 saturated heterocycles. The van der Waals surface area contributed by atoms with E-state index in [0.717, 1.165) is 22.9 Å². The highest BCUT2D eigenvalue weighted by Crippen LogP contribution is 2.26.